The van der Waals surface area contributed by atoms with Gasteiger partial charge in [0.1, 0.15) is 5.82 Å². The normalized spacial score (nSPS) is 12.4. The van der Waals surface area contributed by atoms with E-state index in [-0.39, 0.29) is 0 Å². The van der Waals surface area contributed by atoms with Gasteiger partial charge in [-0.15, -0.1) is 0 Å². The van der Waals surface area contributed by atoms with Gasteiger partial charge in [0.25, 0.3) is 0 Å². The smallest absolute Gasteiger partial charge is 0.162 e. The van der Waals surface area contributed by atoms with Gasteiger partial charge in [0.05, 0.1) is 33.1 Å². The van der Waals surface area contributed by atoms with Gasteiger partial charge < -0.3 is 4.40 Å². The van der Waals surface area contributed by atoms with Gasteiger partial charge in [0.15, 0.2) is 5.82 Å². The van der Waals surface area contributed by atoms with Gasteiger partial charge in [-0.05, 0) is 63.3 Å². The second-order valence-electron chi connectivity index (χ2n) is 14.5. The van der Waals surface area contributed by atoms with Crippen LogP contribution in [-0.4, -0.2) is 18.9 Å². The van der Waals surface area contributed by atoms with Crippen molar-refractivity contribution in [2.24, 2.45) is 0 Å². The molecule has 0 unspecified atom stereocenters. The Bertz CT molecular complexity index is 3740. The van der Waals surface area contributed by atoms with Crippen molar-refractivity contribution in [3.05, 3.63) is 170 Å². The SMILES string of the molecule is c1ccc2c(c1)ccc1ccc(-c3nc(-n4c5ccccc5c5cc6c7ccccc7n7c8c9ccccc9ccc8c(c54)c67)c4ccccc4n3)cc12. The summed E-state index contributed by atoms with van der Waals surface area (Å²) in [4.78, 5) is 10.8. The number of aromatic nitrogens is 4. The van der Waals surface area contributed by atoms with Crippen molar-refractivity contribution in [3.8, 4) is 17.2 Å². The number of fused-ring (bicyclic) bond motifs is 16. The molecule has 54 heavy (non-hydrogen) atoms. The number of rotatable bonds is 2. The Kier molecular flexibility index (Phi) is 5.34. The van der Waals surface area contributed by atoms with Gasteiger partial charge >= 0.3 is 0 Å². The van der Waals surface area contributed by atoms with E-state index in [1.165, 1.54) is 86.7 Å². The molecule has 0 N–H and O–H groups in total. The van der Waals surface area contributed by atoms with Crippen molar-refractivity contribution in [2.75, 3.05) is 0 Å². The number of para-hydroxylation sites is 3. The fraction of sp³-hybridized carbons (Fsp3) is 0. The minimum atomic E-state index is 0.711. The van der Waals surface area contributed by atoms with E-state index < -0.39 is 0 Å². The average molecular weight is 685 g/mol. The highest BCUT2D eigenvalue weighted by Crippen LogP contribution is 2.48. The van der Waals surface area contributed by atoms with E-state index in [2.05, 4.69) is 179 Å². The summed E-state index contributed by atoms with van der Waals surface area (Å²) in [7, 11) is 0. The molecule has 0 spiro atoms. The van der Waals surface area contributed by atoms with Gasteiger partial charge in [-0.3, -0.25) is 4.57 Å². The standard InChI is InChI=1S/C50H28N4/c1-3-13-33-29(11-1)21-22-31-23-24-32(27-39(31)33)49-51-42-18-8-5-17-37(42)50(52-49)54-44-20-10-7-16-36(44)41-28-40-35-15-6-9-19-43(35)53-46-34-14-4-2-12-30(34)25-26-38(46)45(47(40)53)48(41)54/h1-28H. The Balaban J connectivity index is 1.22. The van der Waals surface area contributed by atoms with Crippen LogP contribution in [-0.2, 0) is 0 Å². The van der Waals surface area contributed by atoms with Gasteiger partial charge in [-0.25, -0.2) is 9.97 Å². The van der Waals surface area contributed by atoms with Gasteiger partial charge in [-0.1, -0.05) is 133 Å². The van der Waals surface area contributed by atoms with E-state index in [0.717, 1.165) is 27.8 Å². The second kappa shape index (κ2) is 10.2. The molecule has 4 heteroatoms. The van der Waals surface area contributed by atoms with Crippen molar-refractivity contribution >= 4 is 103 Å². The molecule has 9 aromatic carbocycles. The molecule has 13 rings (SSSR count). The zero-order valence-corrected chi connectivity index (χ0v) is 29.0. The van der Waals surface area contributed by atoms with Gasteiger partial charge in [0.2, 0.25) is 0 Å². The first kappa shape index (κ1) is 28.3. The van der Waals surface area contributed by atoms with Crippen molar-refractivity contribution in [1.29, 1.82) is 0 Å². The lowest BCUT2D eigenvalue weighted by molar-refractivity contribution is 1.08. The number of benzene rings is 9. The molecular weight excluding hydrogens is 657 g/mol. The number of hydrogen-bond acceptors (Lipinski definition) is 2. The Morgan fingerprint density at radius 2 is 0.944 bits per heavy atom. The lowest BCUT2D eigenvalue weighted by Crippen LogP contribution is -2.03. The summed E-state index contributed by atoms with van der Waals surface area (Å²) in [5.41, 5.74) is 7.93. The van der Waals surface area contributed by atoms with Crippen LogP contribution in [0.4, 0.5) is 0 Å². The molecule has 0 aliphatic carbocycles. The average Bonchev–Trinajstić information content (AvgIpc) is 3.88. The van der Waals surface area contributed by atoms with Crippen LogP contribution in [0.25, 0.3) is 120 Å². The van der Waals surface area contributed by atoms with E-state index in [0.29, 0.717) is 5.82 Å². The van der Waals surface area contributed by atoms with Crippen LogP contribution < -0.4 is 0 Å². The van der Waals surface area contributed by atoms with Crippen molar-refractivity contribution in [1.82, 2.24) is 18.9 Å². The molecule has 0 atom stereocenters. The fourth-order valence-electron chi connectivity index (χ4n) is 9.48. The highest BCUT2D eigenvalue weighted by molar-refractivity contribution is 6.36. The zero-order valence-electron chi connectivity index (χ0n) is 29.0. The molecule has 0 aliphatic rings. The first-order chi connectivity index (χ1) is 26.8. The van der Waals surface area contributed by atoms with Crippen LogP contribution in [0.2, 0.25) is 0 Å². The zero-order chi connectivity index (χ0) is 35.1. The molecule has 0 saturated heterocycles. The molecule has 0 radical (unpaired) electrons. The largest absolute Gasteiger partial charge is 0.307 e. The first-order valence-electron chi connectivity index (χ1n) is 18.5. The highest BCUT2D eigenvalue weighted by atomic mass is 15.1. The van der Waals surface area contributed by atoms with E-state index in [1.54, 1.807) is 0 Å². The molecule has 4 aromatic heterocycles. The third-order valence-corrected chi connectivity index (χ3v) is 11.8. The Labute approximate surface area is 308 Å². The second-order valence-corrected chi connectivity index (χ2v) is 14.5. The van der Waals surface area contributed by atoms with Crippen LogP contribution in [0.3, 0.4) is 0 Å². The van der Waals surface area contributed by atoms with Crippen LogP contribution in [0, 0.1) is 0 Å². The summed E-state index contributed by atoms with van der Waals surface area (Å²) in [6.45, 7) is 0. The maximum Gasteiger partial charge on any atom is 0.162 e. The topological polar surface area (TPSA) is 35.1 Å². The Morgan fingerprint density at radius 1 is 0.352 bits per heavy atom. The highest BCUT2D eigenvalue weighted by Gasteiger charge is 2.26. The van der Waals surface area contributed by atoms with Crippen LogP contribution in [0.1, 0.15) is 0 Å². The number of hydrogen-bond donors (Lipinski definition) is 0. The summed E-state index contributed by atoms with van der Waals surface area (Å²) in [5, 5.41) is 15.8. The minimum absolute atomic E-state index is 0.711. The van der Waals surface area contributed by atoms with E-state index in [4.69, 9.17) is 9.97 Å². The molecule has 0 aliphatic heterocycles. The van der Waals surface area contributed by atoms with Crippen LogP contribution in [0.5, 0.6) is 0 Å². The van der Waals surface area contributed by atoms with Gasteiger partial charge in [0, 0.05) is 48.7 Å². The van der Waals surface area contributed by atoms with Crippen molar-refractivity contribution in [2.45, 2.75) is 0 Å². The molecule has 4 heterocycles. The summed E-state index contributed by atoms with van der Waals surface area (Å²) < 4.78 is 4.94. The quantitative estimate of drug-likeness (QED) is 0.170. The molecule has 0 amide bonds. The molecule has 248 valence electrons. The minimum Gasteiger partial charge on any atom is -0.307 e. The van der Waals surface area contributed by atoms with E-state index >= 15 is 0 Å². The van der Waals surface area contributed by atoms with Crippen LogP contribution in [0.15, 0.2) is 170 Å². The summed E-state index contributed by atoms with van der Waals surface area (Å²) in [5.74, 6) is 1.59. The Morgan fingerprint density at radius 3 is 1.78 bits per heavy atom. The van der Waals surface area contributed by atoms with Crippen molar-refractivity contribution in [3.63, 3.8) is 0 Å². The van der Waals surface area contributed by atoms with E-state index in [9.17, 15) is 0 Å². The fourth-order valence-corrected chi connectivity index (χ4v) is 9.48. The maximum atomic E-state index is 5.57. The summed E-state index contributed by atoms with van der Waals surface area (Å²) in [6.07, 6.45) is 0. The molecule has 0 fully saturated rings. The predicted octanol–water partition coefficient (Wildman–Crippen LogP) is 13.0. The molecule has 0 saturated carbocycles. The summed E-state index contributed by atoms with van der Waals surface area (Å²) in [6, 6.07) is 61.6. The third kappa shape index (κ3) is 3.57. The monoisotopic (exact) mass is 684 g/mol. The van der Waals surface area contributed by atoms with E-state index in [1.807, 2.05) is 0 Å². The first-order valence-corrected chi connectivity index (χ1v) is 18.5. The lowest BCUT2D eigenvalue weighted by atomic mass is 10.00. The molecule has 13 aromatic rings. The van der Waals surface area contributed by atoms with Crippen molar-refractivity contribution < 1.29 is 0 Å². The van der Waals surface area contributed by atoms with Gasteiger partial charge in [-0.2, -0.15) is 0 Å². The van der Waals surface area contributed by atoms with Crippen LogP contribution >= 0.6 is 0 Å². The Hall–Kier alpha value is -7.30. The molecule has 0 bridgehead atoms. The predicted molar refractivity (Wildman–Crippen MR) is 226 cm³/mol. The third-order valence-electron chi connectivity index (χ3n) is 11.8. The number of nitrogens with zero attached hydrogens (tertiary/aromatic N) is 4. The lowest BCUT2D eigenvalue weighted by Gasteiger charge is -2.14. The maximum absolute atomic E-state index is 5.57. The summed E-state index contributed by atoms with van der Waals surface area (Å²) >= 11 is 0. The molecular formula is C50H28N4. The molecule has 4 nitrogen and oxygen atoms in total.